The maximum atomic E-state index is 12.8. The maximum absolute atomic E-state index is 12.8. The van der Waals surface area contributed by atoms with Crippen LogP contribution in [0.5, 0.6) is 0 Å². The minimum Gasteiger partial charge on any atom is -0.393 e. The smallest absolute Gasteiger partial charge is 0.393 e. The number of nitriles is 1. The predicted octanol–water partition coefficient (Wildman–Crippen LogP) is 1.95. The molecule has 0 spiro atoms. The molecule has 0 aromatic carbocycles. The van der Waals surface area contributed by atoms with Gasteiger partial charge in [0.05, 0.1) is 30.9 Å². The first-order valence-electron chi connectivity index (χ1n) is 6.83. The van der Waals surface area contributed by atoms with Gasteiger partial charge in [0.2, 0.25) is 0 Å². The zero-order valence-electron chi connectivity index (χ0n) is 12.0. The number of hydrogen-bond acceptors (Lipinski definition) is 5. The monoisotopic (exact) mass is 315 g/mol. The van der Waals surface area contributed by atoms with Gasteiger partial charge in [-0.2, -0.15) is 18.4 Å². The van der Waals surface area contributed by atoms with Crippen molar-refractivity contribution in [3.63, 3.8) is 0 Å². The zero-order valence-corrected chi connectivity index (χ0v) is 12.0. The van der Waals surface area contributed by atoms with Gasteiger partial charge in [0.25, 0.3) is 0 Å². The molecule has 2 atom stereocenters. The molecule has 2 unspecified atom stereocenters. The molecule has 1 saturated heterocycles. The first-order chi connectivity index (χ1) is 10.3. The van der Waals surface area contributed by atoms with Crippen molar-refractivity contribution >= 4 is 5.82 Å². The number of morpholine rings is 1. The van der Waals surface area contributed by atoms with Gasteiger partial charge >= 0.3 is 6.18 Å². The Morgan fingerprint density at radius 3 is 2.86 bits per heavy atom. The Labute approximate surface area is 125 Å². The molecule has 1 aromatic rings. The number of pyridine rings is 1. The lowest BCUT2D eigenvalue weighted by Gasteiger charge is -2.37. The van der Waals surface area contributed by atoms with Crippen molar-refractivity contribution in [1.82, 2.24) is 4.98 Å². The Morgan fingerprint density at radius 1 is 1.55 bits per heavy atom. The average Bonchev–Trinajstić information content (AvgIpc) is 2.45. The van der Waals surface area contributed by atoms with Gasteiger partial charge in [-0.25, -0.2) is 4.98 Å². The Bertz CT molecular complexity index is 569. The van der Waals surface area contributed by atoms with Crippen LogP contribution in [0.25, 0.3) is 0 Å². The Morgan fingerprint density at radius 2 is 2.27 bits per heavy atom. The maximum Gasteiger partial charge on any atom is 0.433 e. The third-order valence-electron chi connectivity index (χ3n) is 3.40. The molecule has 1 fully saturated rings. The van der Waals surface area contributed by atoms with Crippen LogP contribution in [0.4, 0.5) is 19.0 Å². The summed E-state index contributed by atoms with van der Waals surface area (Å²) in [5.41, 5.74) is -0.964. The largest absolute Gasteiger partial charge is 0.433 e. The predicted molar refractivity (Wildman–Crippen MR) is 72.2 cm³/mol. The average molecular weight is 315 g/mol. The van der Waals surface area contributed by atoms with Crippen molar-refractivity contribution in [3.8, 4) is 6.07 Å². The first kappa shape index (κ1) is 16.5. The molecular weight excluding hydrogens is 299 g/mol. The molecule has 0 saturated carbocycles. The van der Waals surface area contributed by atoms with Gasteiger partial charge in [-0.1, -0.05) is 0 Å². The molecule has 0 radical (unpaired) electrons. The molecule has 1 N–H and O–H groups in total. The molecule has 0 amide bonds. The normalized spacial score (nSPS) is 20.5. The van der Waals surface area contributed by atoms with Gasteiger partial charge < -0.3 is 14.7 Å². The van der Waals surface area contributed by atoms with E-state index >= 15 is 0 Å². The minimum atomic E-state index is -4.57. The van der Waals surface area contributed by atoms with Crippen LogP contribution in [0.3, 0.4) is 0 Å². The van der Waals surface area contributed by atoms with Gasteiger partial charge in [-0.3, -0.25) is 0 Å². The van der Waals surface area contributed by atoms with E-state index in [2.05, 4.69) is 4.98 Å². The second-order valence-corrected chi connectivity index (χ2v) is 5.18. The third-order valence-corrected chi connectivity index (χ3v) is 3.40. The summed E-state index contributed by atoms with van der Waals surface area (Å²) < 4.78 is 43.9. The minimum absolute atomic E-state index is 0.00808. The molecule has 2 heterocycles. The second-order valence-electron chi connectivity index (χ2n) is 5.18. The topological polar surface area (TPSA) is 69.4 Å². The molecule has 1 aliphatic heterocycles. The zero-order chi connectivity index (χ0) is 16.3. The first-order valence-corrected chi connectivity index (χ1v) is 6.83. The Hall–Kier alpha value is -1.85. The van der Waals surface area contributed by atoms with E-state index in [0.717, 1.165) is 12.1 Å². The molecule has 1 aromatic heterocycles. The number of aliphatic hydroxyl groups excluding tert-OH is 1. The SMILES string of the molecule is CC(O)CC1COCCN1c1nc(C(F)(F)F)ccc1C#N. The van der Waals surface area contributed by atoms with E-state index in [-0.39, 0.29) is 24.0 Å². The van der Waals surface area contributed by atoms with Crippen LogP contribution in [-0.4, -0.2) is 42.0 Å². The Kier molecular flexibility index (Phi) is 4.88. The van der Waals surface area contributed by atoms with Gasteiger partial charge in [0.15, 0.2) is 0 Å². The van der Waals surface area contributed by atoms with Crippen LogP contribution in [0.2, 0.25) is 0 Å². The molecule has 0 aliphatic carbocycles. The fourth-order valence-corrected chi connectivity index (χ4v) is 2.44. The van der Waals surface area contributed by atoms with Crippen molar-refractivity contribution in [2.75, 3.05) is 24.7 Å². The van der Waals surface area contributed by atoms with E-state index in [0.29, 0.717) is 19.6 Å². The molecule has 120 valence electrons. The number of alkyl halides is 3. The summed E-state index contributed by atoms with van der Waals surface area (Å²) in [6.45, 7) is 2.52. The quantitative estimate of drug-likeness (QED) is 0.923. The highest BCUT2D eigenvalue weighted by molar-refractivity contribution is 5.55. The van der Waals surface area contributed by atoms with Crippen molar-refractivity contribution < 1.29 is 23.0 Å². The van der Waals surface area contributed by atoms with E-state index < -0.39 is 18.0 Å². The van der Waals surface area contributed by atoms with Crippen molar-refractivity contribution in [2.24, 2.45) is 0 Å². The highest BCUT2D eigenvalue weighted by Gasteiger charge is 2.35. The Balaban J connectivity index is 2.41. The fourth-order valence-electron chi connectivity index (χ4n) is 2.44. The van der Waals surface area contributed by atoms with Gasteiger partial charge in [0.1, 0.15) is 17.6 Å². The van der Waals surface area contributed by atoms with Crippen LogP contribution in [0, 0.1) is 11.3 Å². The number of rotatable bonds is 3. The van der Waals surface area contributed by atoms with E-state index in [9.17, 15) is 18.3 Å². The standard InChI is InChI=1S/C14H16F3N3O2/c1-9(21)6-11-8-22-5-4-20(11)13-10(7-18)2-3-12(19-13)14(15,16)17/h2-3,9,11,21H,4-6,8H2,1H3. The second kappa shape index (κ2) is 6.50. The fraction of sp³-hybridized carbons (Fsp3) is 0.571. The summed E-state index contributed by atoms with van der Waals surface area (Å²) >= 11 is 0. The summed E-state index contributed by atoms with van der Waals surface area (Å²) in [6, 6.07) is 3.47. The molecule has 2 rings (SSSR count). The number of hydrogen-bond donors (Lipinski definition) is 1. The van der Waals surface area contributed by atoms with E-state index in [1.165, 1.54) is 0 Å². The number of halogens is 3. The third kappa shape index (κ3) is 3.67. The molecule has 1 aliphatic rings. The number of anilines is 1. The van der Waals surface area contributed by atoms with Crippen LogP contribution < -0.4 is 4.90 Å². The van der Waals surface area contributed by atoms with E-state index in [4.69, 9.17) is 10.00 Å². The van der Waals surface area contributed by atoms with Crippen LogP contribution in [-0.2, 0) is 10.9 Å². The lowest BCUT2D eigenvalue weighted by atomic mass is 10.1. The molecule has 0 bridgehead atoms. The van der Waals surface area contributed by atoms with Gasteiger partial charge in [0, 0.05) is 6.54 Å². The van der Waals surface area contributed by atoms with Crippen LogP contribution in [0.1, 0.15) is 24.6 Å². The van der Waals surface area contributed by atoms with Gasteiger partial charge in [-0.15, -0.1) is 0 Å². The number of nitrogens with zero attached hydrogens (tertiary/aromatic N) is 3. The highest BCUT2D eigenvalue weighted by atomic mass is 19.4. The summed E-state index contributed by atoms with van der Waals surface area (Å²) in [5, 5.41) is 18.7. The van der Waals surface area contributed by atoms with Crippen molar-refractivity contribution in [3.05, 3.63) is 23.4 Å². The van der Waals surface area contributed by atoms with E-state index in [1.807, 2.05) is 6.07 Å². The molecule has 22 heavy (non-hydrogen) atoms. The summed E-state index contributed by atoms with van der Waals surface area (Å²) in [5.74, 6) is -0.00808. The number of aromatic nitrogens is 1. The van der Waals surface area contributed by atoms with Crippen LogP contribution in [0.15, 0.2) is 12.1 Å². The summed E-state index contributed by atoms with van der Waals surface area (Å²) in [6.07, 6.45) is -4.89. The van der Waals surface area contributed by atoms with Crippen LogP contribution >= 0.6 is 0 Å². The van der Waals surface area contributed by atoms with Crippen molar-refractivity contribution in [1.29, 1.82) is 5.26 Å². The highest BCUT2D eigenvalue weighted by Crippen LogP contribution is 2.31. The molecular formula is C14H16F3N3O2. The number of aliphatic hydroxyl groups is 1. The van der Waals surface area contributed by atoms with Crippen molar-refractivity contribution in [2.45, 2.75) is 31.7 Å². The lowest BCUT2D eigenvalue weighted by molar-refractivity contribution is -0.141. The lowest BCUT2D eigenvalue weighted by Crippen LogP contribution is -2.47. The summed E-state index contributed by atoms with van der Waals surface area (Å²) in [7, 11) is 0. The molecule has 5 nitrogen and oxygen atoms in total. The number of ether oxygens (including phenoxy) is 1. The summed E-state index contributed by atoms with van der Waals surface area (Å²) in [4.78, 5) is 5.25. The molecule has 8 heteroatoms. The van der Waals surface area contributed by atoms with Gasteiger partial charge in [-0.05, 0) is 25.5 Å². The van der Waals surface area contributed by atoms with E-state index in [1.54, 1.807) is 11.8 Å².